The highest BCUT2D eigenvalue weighted by atomic mass is 35.5. The van der Waals surface area contributed by atoms with Gasteiger partial charge in [0.1, 0.15) is 27.9 Å². The van der Waals surface area contributed by atoms with Crippen LogP contribution < -0.4 is 5.73 Å². The first kappa shape index (κ1) is 30.1. The number of aliphatic hydroxyl groups is 1. The van der Waals surface area contributed by atoms with Crippen LogP contribution >= 0.6 is 11.6 Å². The smallest absolute Gasteiger partial charge is 0.254 e. The first-order valence-electron chi connectivity index (χ1n) is 14.9. The van der Waals surface area contributed by atoms with Crippen molar-refractivity contribution in [2.45, 2.75) is 82.6 Å². The lowest BCUT2D eigenvalue weighted by Crippen LogP contribution is -2.50. The van der Waals surface area contributed by atoms with Gasteiger partial charge >= 0.3 is 0 Å². The standard InChI is InChI=1S/C33H33ClF2N6O2/c1-3-33(44,4-2)17-41-31-28(39-40-41)15-26(30(36)29(31)34)24-10-7-19(11-25(24)18-5-6-20(16-37)27(35)12-18)32(43)42-22-8-9-23(42)14-21(38)13-22/h5-7,10-12,15,21-23,44H,3-4,8-9,13-14,17,38H2,1-2H3. The van der Waals surface area contributed by atoms with E-state index < -0.39 is 17.2 Å². The van der Waals surface area contributed by atoms with E-state index in [1.54, 1.807) is 24.3 Å². The van der Waals surface area contributed by atoms with Gasteiger partial charge in [-0.2, -0.15) is 5.26 Å². The van der Waals surface area contributed by atoms with Gasteiger partial charge in [0.05, 0.1) is 17.7 Å². The van der Waals surface area contributed by atoms with Crippen LogP contribution in [0.25, 0.3) is 33.3 Å². The molecule has 2 fully saturated rings. The monoisotopic (exact) mass is 618 g/mol. The highest BCUT2D eigenvalue weighted by molar-refractivity contribution is 6.35. The van der Waals surface area contributed by atoms with Crippen molar-refractivity contribution in [1.82, 2.24) is 19.9 Å². The van der Waals surface area contributed by atoms with E-state index in [1.807, 2.05) is 24.8 Å². The minimum absolute atomic E-state index is 0.0612. The van der Waals surface area contributed by atoms with E-state index in [2.05, 4.69) is 10.3 Å². The molecule has 3 aromatic carbocycles. The van der Waals surface area contributed by atoms with E-state index in [1.165, 1.54) is 22.9 Å². The number of amides is 1. The van der Waals surface area contributed by atoms with Crippen molar-refractivity contribution in [3.8, 4) is 28.3 Å². The minimum atomic E-state index is -1.06. The number of nitrogens with zero attached hydrogens (tertiary/aromatic N) is 5. The third-order valence-electron chi connectivity index (χ3n) is 9.40. The fourth-order valence-corrected chi connectivity index (χ4v) is 7.05. The van der Waals surface area contributed by atoms with Gasteiger partial charge < -0.3 is 15.7 Å². The summed E-state index contributed by atoms with van der Waals surface area (Å²) in [4.78, 5) is 15.8. The third kappa shape index (κ3) is 5.13. The molecule has 2 aliphatic heterocycles. The van der Waals surface area contributed by atoms with E-state index in [0.717, 1.165) is 25.7 Å². The van der Waals surface area contributed by atoms with Gasteiger partial charge in [-0.3, -0.25) is 4.79 Å². The Morgan fingerprint density at radius 3 is 2.43 bits per heavy atom. The van der Waals surface area contributed by atoms with Crippen LogP contribution in [0.15, 0.2) is 42.5 Å². The fraction of sp³-hybridized carbons (Fsp3) is 0.394. The molecule has 2 saturated heterocycles. The van der Waals surface area contributed by atoms with Crippen LogP contribution in [0.5, 0.6) is 0 Å². The number of hydrogen-bond donors (Lipinski definition) is 2. The number of aromatic nitrogens is 3. The summed E-state index contributed by atoms with van der Waals surface area (Å²) in [5.41, 5.74) is 7.22. The van der Waals surface area contributed by atoms with Crippen molar-refractivity contribution in [1.29, 1.82) is 5.26 Å². The number of rotatable bonds is 7. The summed E-state index contributed by atoms with van der Waals surface area (Å²) < 4.78 is 32.5. The SMILES string of the molecule is CCC(O)(CC)Cn1nnc2cc(-c3ccc(C(=O)N4C5CCC4CC(N)C5)cc3-c3ccc(C#N)c(F)c3)c(F)c(Cl)c21. The normalized spacial score (nSPS) is 19.9. The fourth-order valence-electron chi connectivity index (χ4n) is 6.75. The number of carbonyl (C=O) groups is 1. The van der Waals surface area contributed by atoms with Crippen LogP contribution in [0, 0.1) is 23.0 Å². The third-order valence-corrected chi connectivity index (χ3v) is 9.75. The van der Waals surface area contributed by atoms with Crippen molar-refractivity contribution in [3.63, 3.8) is 0 Å². The van der Waals surface area contributed by atoms with Gasteiger partial charge in [-0.1, -0.05) is 42.8 Å². The van der Waals surface area contributed by atoms with Gasteiger partial charge in [0, 0.05) is 29.3 Å². The Morgan fingerprint density at radius 2 is 1.80 bits per heavy atom. The summed E-state index contributed by atoms with van der Waals surface area (Å²) in [5, 5.41) is 28.3. The second kappa shape index (κ2) is 11.5. The van der Waals surface area contributed by atoms with Gasteiger partial charge in [0.25, 0.3) is 5.91 Å². The minimum Gasteiger partial charge on any atom is -0.388 e. The first-order valence-corrected chi connectivity index (χ1v) is 15.3. The molecular weight excluding hydrogens is 586 g/mol. The Labute approximate surface area is 259 Å². The van der Waals surface area contributed by atoms with E-state index in [4.69, 9.17) is 17.3 Å². The lowest BCUT2D eigenvalue weighted by Gasteiger charge is -2.38. The molecule has 3 heterocycles. The molecule has 44 heavy (non-hydrogen) atoms. The predicted octanol–water partition coefficient (Wildman–Crippen LogP) is 6.21. The molecule has 0 spiro atoms. The van der Waals surface area contributed by atoms with Gasteiger partial charge in [0.2, 0.25) is 0 Å². The van der Waals surface area contributed by atoms with Crippen LogP contribution in [0.1, 0.15) is 68.3 Å². The van der Waals surface area contributed by atoms with Crippen LogP contribution in [0.2, 0.25) is 5.02 Å². The summed E-state index contributed by atoms with van der Waals surface area (Å²) in [6.07, 6.45) is 4.20. The average molecular weight is 619 g/mol. The molecule has 0 aliphatic carbocycles. The van der Waals surface area contributed by atoms with Gasteiger partial charge in [-0.15, -0.1) is 5.10 Å². The van der Waals surface area contributed by atoms with Crippen molar-refractivity contribution in [2.24, 2.45) is 5.73 Å². The number of fused-ring (bicyclic) bond motifs is 3. The second-order valence-electron chi connectivity index (χ2n) is 12.0. The van der Waals surface area contributed by atoms with Crippen molar-refractivity contribution < 1.29 is 18.7 Å². The molecule has 228 valence electrons. The number of carbonyl (C=O) groups excluding carboxylic acids is 1. The molecule has 3 N–H and O–H groups in total. The molecule has 4 aromatic rings. The Balaban J connectivity index is 1.48. The highest BCUT2D eigenvalue weighted by Gasteiger charge is 2.42. The molecule has 2 bridgehead atoms. The molecule has 0 saturated carbocycles. The number of piperidine rings is 1. The number of halogens is 3. The molecule has 0 radical (unpaired) electrons. The van der Waals surface area contributed by atoms with E-state index in [0.29, 0.717) is 40.6 Å². The molecule has 2 aliphatic rings. The summed E-state index contributed by atoms with van der Waals surface area (Å²) >= 11 is 6.62. The maximum absolute atomic E-state index is 16.2. The molecule has 2 unspecified atom stereocenters. The van der Waals surface area contributed by atoms with E-state index in [-0.39, 0.29) is 52.2 Å². The lowest BCUT2D eigenvalue weighted by atomic mass is 9.90. The molecule has 11 heteroatoms. The molecule has 2 atom stereocenters. The van der Waals surface area contributed by atoms with E-state index >= 15 is 4.39 Å². The quantitative estimate of drug-likeness (QED) is 0.254. The predicted molar refractivity (Wildman–Crippen MR) is 164 cm³/mol. The molecular formula is C33H33ClF2N6O2. The van der Waals surface area contributed by atoms with Crippen molar-refractivity contribution in [3.05, 3.63) is 70.2 Å². The summed E-state index contributed by atoms with van der Waals surface area (Å²) in [5.74, 6) is -1.62. The summed E-state index contributed by atoms with van der Waals surface area (Å²) in [7, 11) is 0. The second-order valence-corrected chi connectivity index (χ2v) is 12.4. The van der Waals surface area contributed by atoms with Crippen LogP contribution in [0.4, 0.5) is 8.78 Å². The highest BCUT2D eigenvalue weighted by Crippen LogP contribution is 2.41. The number of nitrogens with two attached hydrogens (primary N) is 1. The zero-order valence-electron chi connectivity index (χ0n) is 24.5. The maximum Gasteiger partial charge on any atom is 0.254 e. The van der Waals surface area contributed by atoms with Crippen molar-refractivity contribution in [2.75, 3.05) is 0 Å². The zero-order chi connectivity index (χ0) is 31.3. The Kier molecular flexibility index (Phi) is 7.91. The number of hydrogen-bond acceptors (Lipinski definition) is 6. The molecule has 1 amide bonds. The lowest BCUT2D eigenvalue weighted by molar-refractivity contribution is 0.0125. The maximum atomic E-state index is 16.2. The number of nitriles is 1. The summed E-state index contributed by atoms with van der Waals surface area (Å²) in [6, 6.07) is 12.6. The molecule has 8 nitrogen and oxygen atoms in total. The molecule has 6 rings (SSSR count). The van der Waals surface area contributed by atoms with Gasteiger partial charge in [-0.25, -0.2) is 13.5 Å². The molecule has 1 aromatic heterocycles. The number of benzene rings is 3. The topological polar surface area (TPSA) is 121 Å². The van der Waals surface area contributed by atoms with Gasteiger partial charge in [0.15, 0.2) is 5.82 Å². The van der Waals surface area contributed by atoms with Crippen molar-refractivity contribution >= 4 is 28.5 Å². The van der Waals surface area contributed by atoms with Crippen LogP contribution in [-0.4, -0.2) is 54.6 Å². The summed E-state index contributed by atoms with van der Waals surface area (Å²) in [6.45, 7) is 3.80. The Bertz CT molecular complexity index is 1800. The van der Waals surface area contributed by atoms with Crippen LogP contribution in [0.3, 0.4) is 0 Å². The van der Waals surface area contributed by atoms with E-state index in [9.17, 15) is 19.6 Å². The largest absolute Gasteiger partial charge is 0.388 e. The Hall–Kier alpha value is -3.91. The Morgan fingerprint density at radius 1 is 1.09 bits per heavy atom. The zero-order valence-corrected chi connectivity index (χ0v) is 25.3. The first-order chi connectivity index (χ1) is 21.1. The average Bonchev–Trinajstić information content (AvgIpc) is 3.55. The van der Waals surface area contributed by atoms with Crippen LogP contribution in [-0.2, 0) is 6.54 Å². The van der Waals surface area contributed by atoms with Gasteiger partial charge in [-0.05, 0) is 85.5 Å².